The Morgan fingerprint density at radius 1 is 0.567 bits per heavy atom. The van der Waals surface area contributed by atoms with Crippen LogP contribution in [0.3, 0.4) is 0 Å². The van der Waals surface area contributed by atoms with Gasteiger partial charge < -0.3 is 38.2 Å². The molecule has 4 heterocycles. The van der Waals surface area contributed by atoms with Crippen LogP contribution in [-0.2, 0) is 0 Å². The van der Waals surface area contributed by atoms with Gasteiger partial charge in [-0.1, -0.05) is 24.3 Å². The fourth-order valence-electron chi connectivity index (χ4n) is 8.82. The summed E-state index contributed by atoms with van der Waals surface area (Å²) in [4.78, 5) is 67.5. The quantitative estimate of drug-likeness (QED) is 0.159. The van der Waals surface area contributed by atoms with Gasteiger partial charge in [0.25, 0.3) is 11.8 Å². The first-order chi connectivity index (χ1) is 29.3. The van der Waals surface area contributed by atoms with Gasteiger partial charge in [0, 0.05) is 50.5 Å². The van der Waals surface area contributed by atoms with Gasteiger partial charge in [-0.25, -0.2) is 0 Å². The number of hydrogen-bond acceptors (Lipinski definition) is 12. The summed E-state index contributed by atoms with van der Waals surface area (Å²) in [5.41, 5.74) is 2.45. The first kappa shape index (κ1) is 39.0. The summed E-state index contributed by atoms with van der Waals surface area (Å²) in [5.74, 6) is 0.556. The Bertz CT molecular complexity index is 2210. The first-order valence-electron chi connectivity index (χ1n) is 20.6. The smallest absolute Gasteiger partial charge is 0.256 e. The van der Waals surface area contributed by atoms with Gasteiger partial charge in [0.2, 0.25) is 0 Å². The predicted octanol–water partition coefficient (Wildman–Crippen LogP) is 6.78. The van der Waals surface area contributed by atoms with Crippen LogP contribution in [0.2, 0.25) is 0 Å². The van der Waals surface area contributed by atoms with Crippen LogP contribution in [0.1, 0.15) is 80.0 Å². The minimum absolute atomic E-state index is 0.00680. The average Bonchev–Trinajstić information content (AvgIpc) is 3.91. The van der Waals surface area contributed by atoms with Crippen molar-refractivity contribution in [3.63, 3.8) is 0 Å². The number of Topliss-reactive ketones (excluding diaryl/α,β-unsaturated/α-hetero) is 2. The van der Waals surface area contributed by atoms with E-state index in [0.717, 1.165) is 25.7 Å². The van der Waals surface area contributed by atoms with Gasteiger partial charge in [-0.2, -0.15) is 0 Å². The molecule has 310 valence electrons. The number of carbonyl (C=O) groups excluding carboxylic acids is 4. The Morgan fingerprint density at radius 3 is 1.40 bits per heavy atom. The Labute approximate surface area is 347 Å². The fraction of sp³-hybridized carbons (Fsp3) is 0.391. The van der Waals surface area contributed by atoms with Crippen molar-refractivity contribution < 1.29 is 47.6 Å². The number of benzene rings is 3. The molecular formula is C46H46N4O10. The highest BCUT2D eigenvalue weighted by molar-refractivity contribution is 6.20. The lowest BCUT2D eigenvalue weighted by Crippen LogP contribution is -2.36. The van der Waals surface area contributed by atoms with E-state index >= 15 is 0 Å². The topological polar surface area (TPSA) is 155 Å². The van der Waals surface area contributed by atoms with Crippen LogP contribution in [0.4, 0.5) is 11.4 Å². The summed E-state index contributed by atoms with van der Waals surface area (Å²) < 4.78 is 35.7. The Kier molecular flexibility index (Phi) is 10.8. The zero-order valence-electron chi connectivity index (χ0n) is 33.6. The molecule has 0 spiro atoms. The second kappa shape index (κ2) is 16.7. The van der Waals surface area contributed by atoms with E-state index in [1.165, 1.54) is 14.2 Å². The van der Waals surface area contributed by atoms with Crippen molar-refractivity contribution in [3.8, 4) is 34.5 Å². The lowest BCUT2D eigenvalue weighted by molar-refractivity contribution is 0.0766. The number of fused-ring (bicyclic) bond motifs is 6. The highest BCUT2D eigenvalue weighted by atomic mass is 16.5. The predicted molar refractivity (Wildman–Crippen MR) is 222 cm³/mol. The minimum atomic E-state index is -0.636. The zero-order chi connectivity index (χ0) is 41.3. The lowest BCUT2D eigenvalue weighted by Gasteiger charge is -2.30. The van der Waals surface area contributed by atoms with Gasteiger partial charge in [0.15, 0.2) is 34.6 Å². The van der Waals surface area contributed by atoms with Gasteiger partial charge in [-0.3, -0.25) is 29.2 Å². The highest BCUT2D eigenvalue weighted by Gasteiger charge is 2.43. The summed E-state index contributed by atoms with van der Waals surface area (Å²) in [6.07, 6.45) is 15.3. The molecule has 4 atom stereocenters. The van der Waals surface area contributed by atoms with E-state index in [2.05, 4.69) is 9.98 Å². The van der Waals surface area contributed by atoms with Crippen LogP contribution in [-0.4, -0.2) is 111 Å². The number of hydrogen-bond donors (Lipinski definition) is 0. The number of allylic oxidation sites excluding steroid dienone is 4. The number of ketones is 2. The van der Waals surface area contributed by atoms with Gasteiger partial charge in [0.05, 0.1) is 98.2 Å². The molecule has 9 rings (SSSR count). The fourth-order valence-corrected chi connectivity index (χ4v) is 8.82. The third kappa shape index (κ3) is 7.17. The molecule has 2 saturated heterocycles. The average molecular weight is 815 g/mol. The number of methoxy groups -OCH3 is 2. The molecule has 0 saturated carbocycles. The number of rotatable bonds is 14. The third-order valence-corrected chi connectivity index (χ3v) is 11.9. The van der Waals surface area contributed by atoms with Crippen molar-refractivity contribution >= 4 is 47.2 Å². The molecule has 6 aliphatic rings. The largest absolute Gasteiger partial charge is 0.493 e. The normalized spacial score (nSPS) is 22.0. The van der Waals surface area contributed by atoms with Crippen molar-refractivity contribution in [2.24, 2.45) is 21.8 Å². The van der Waals surface area contributed by atoms with E-state index in [1.807, 2.05) is 22.2 Å². The number of ether oxygens (including phenoxy) is 6. The number of amides is 2. The highest BCUT2D eigenvalue weighted by Crippen LogP contribution is 2.43. The maximum Gasteiger partial charge on any atom is 0.256 e. The van der Waals surface area contributed by atoms with Crippen LogP contribution in [0, 0.1) is 11.8 Å². The van der Waals surface area contributed by atoms with Crippen molar-refractivity contribution in [2.45, 2.75) is 50.6 Å². The van der Waals surface area contributed by atoms with Gasteiger partial charge >= 0.3 is 0 Å². The standard InChI is InChI=1S/C46H46N4O10/c1-55-37-21-31-33(47-25-27-9-5-15-49(27)45(31)53)23-39(37)59-19-7-17-57-35-13-14-36(42-41(35)43(51)29-11-3-4-12-30(29)44(42)52)58-18-8-20-60-40-24-34-32(22-38(40)56-2)46(54)50-16-6-10-28(50)26-48-34/h3-4,11-14,21-30H,5-10,15-20H2,1-2H3/t27-,28-,29?,30?/m0/s1. The molecule has 0 N–H and O–H groups in total. The molecule has 3 aromatic rings. The second-order valence-electron chi connectivity index (χ2n) is 15.5. The van der Waals surface area contributed by atoms with E-state index in [9.17, 15) is 19.2 Å². The summed E-state index contributed by atoms with van der Waals surface area (Å²) in [7, 11) is 3.06. The molecule has 14 nitrogen and oxygen atoms in total. The van der Waals surface area contributed by atoms with E-state index in [1.54, 1.807) is 60.7 Å². The molecule has 0 aromatic heterocycles. The van der Waals surface area contributed by atoms with E-state index in [0.29, 0.717) is 82.9 Å². The molecule has 2 fully saturated rings. The first-order valence-corrected chi connectivity index (χ1v) is 20.6. The summed E-state index contributed by atoms with van der Waals surface area (Å²) >= 11 is 0. The summed E-state index contributed by atoms with van der Waals surface area (Å²) in [6.45, 7) is 2.29. The molecule has 4 aliphatic heterocycles. The van der Waals surface area contributed by atoms with Crippen molar-refractivity contribution in [2.75, 3.05) is 53.7 Å². The van der Waals surface area contributed by atoms with Gasteiger partial charge in [0.1, 0.15) is 11.5 Å². The van der Waals surface area contributed by atoms with Crippen LogP contribution < -0.4 is 28.4 Å². The van der Waals surface area contributed by atoms with E-state index < -0.39 is 11.8 Å². The molecule has 60 heavy (non-hydrogen) atoms. The van der Waals surface area contributed by atoms with Crippen LogP contribution in [0.15, 0.2) is 70.7 Å². The molecule has 0 bridgehead atoms. The van der Waals surface area contributed by atoms with Crippen molar-refractivity contribution in [1.29, 1.82) is 0 Å². The lowest BCUT2D eigenvalue weighted by atomic mass is 9.72. The number of carbonyl (C=O) groups is 4. The SMILES string of the molecule is COc1cc2c(cc1OCCCOc1ccc(OCCCOc3cc4c(cc3OC)C(=O)N3CCC[C@H]3C=N4)c3c1C(=O)C1C=CC=CC1C3=O)N=C[C@@H]1CCCN1C2=O. The Hall–Kier alpha value is -6.44. The van der Waals surface area contributed by atoms with E-state index in [-0.39, 0.29) is 73.0 Å². The van der Waals surface area contributed by atoms with Crippen LogP contribution in [0.5, 0.6) is 34.5 Å². The zero-order valence-corrected chi connectivity index (χ0v) is 33.6. The summed E-state index contributed by atoms with van der Waals surface area (Å²) in [6, 6.07) is 10.1. The van der Waals surface area contributed by atoms with Gasteiger partial charge in [-0.05, 0) is 49.9 Å². The Balaban J connectivity index is 0.850. The van der Waals surface area contributed by atoms with Crippen LogP contribution in [0.25, 0.3) is 0 Å². The molecular weight excluding hydrogens is 769 g/mol. The van der Waals surface area contributed by atoms with Gasteiger partial charge in [-0.15, -0.1) is 0 Å². The maximum atomic E-state index is 14.0. The minimum Gasteiger partial charge on any atom is -0.493 e. The molecule has 2 aliphatic carbocycles. The van der Waals surface area contributed by atoms with E-state index in [4.69, 9.17) is 28.4 Å². The Morgan fingerprint density at radius 2 is 0.983 bits per heavy atom. The number of nitrogens with zero attached hydrogens (tertiary/aromatic N) is 4. The second-order valence-corrected chi connectivity index (χ2v) is 15.5. The summed E-state index contributed by atoms with van der Waals surface area (Å²) in [5, 5.41) is 0. The van der Waals surface area contributed by atoms with Crippen molar-refractivity contribution in [3.05, 3.63) is 83.0 Å². The van der Waals surface area contributed by atoms with Crippen molar-refractivity contribution in [1.82, 2.24) is 9.80 Å². The third-order valence-electron chi connectivity index (χ3n) is 11.9. The molecule has 2 amide bonds. The molecule has 14 heteroatoms. The monoisotopic (exact) mass is 814 g/mol. The molecule has 3 aromatic carbocycles. The molecule has 0 radical (unpaired) electrons. The molecule has 2 unspecified atom stereocenters. The maximum absolute atomic E-state index is 14.0. The van der Waals surface area contributed by atoms with Crippen LogP contribution >= 0.6 is 0 Å². The number of aliphatic imine (C=N–C) groups is 2.